The second-order valence-corrected chi connectivity index (χ2v) is 6.33. The van der Waals surface area contributed by atoms with Crippen molar-refractivity contribution in [1.82, 2.24) is 5.32 Å². The number of hydrogen-bond donors (Lipinski definition) is 1. The quantitative estimate of drug-likeness (QED) is 0.404. The molecule has 1 unspecified atom stereocenters. The lowest BCUT2D eigenvalue weighted by atomic mass is 9.78. The number of alkyl carbamates (subject to hydrolysis) is 1. The topological polar surface area (TPSA) is 108 Å². The average Bonchev–Trinajstić information content (AvgIpc) is 2.48. The lowest BCUT2D eigenvalue weighted by Crippen LogP contribution is -2.62. The first kappa shape index (κ1) is 21.9. The highest BCUT2D eigenvalue weighted by molar-refractivity contribution is 5.94. The number of hydrogen-bond acceptors (Lipinski definition) is 7. The summed E-state index contributed by atoms with van der Waals surface area (Å²) in [5.41, 5.74) is -2.71. The van der Waals surface area contributed by atoms with Gasteiger partial charge < -0.3 is 24.3 Å². The molecule has 1 N–H and O–H groups in total. The maximum Gasteiger partial charge on any atom is 0.408 e. The minimum atomic E-state index is -1.89. The number of ether oxygens (including phenoxy) is 3. The summed E-state index contributed by atoms with van der Waals surface area (Å²) in [4.78, 5) is 47.9. The Balaban J connectivity index is 5.93. The fourth-order valence-electron chi connectivity index (χ4n) is 2.35. The van der Waals surface area contributed by atoms with Crippen LogP contribution in [0.3, 0.4) is 0 Å². The van der Waals surface area contributed by atoms with E-state index in [1.807, 2.05) is 0 Å². The third-order valence-electron chi connectivity index (χ3n) is 3.34. The van der Waals surface area contributed by atoms with Crippen molar-refractivity contribution in [2.75, 3.05) is 14.2 Å². The number of carbonyl (C=O) groups excluding carboxylic acids is 4. The van der Waals surface area contributed by atoms with Crippen LogP contribution in [0.2, 0.25) is 0 Å². The van der Waals surface area contributed by atoms with Gasteiger partial charge in [0, 0.05) is 6.42 Å². The summed E-state index contributed by atoms with van der Waals surface area (Å²) in [6, 6.07) is 0. The molecule has 0 aliphatic heterocycles. The maximum atomic E-state index is 12.4. The third kappa shape index (κ3) is 5.82. The number of esters is 2. The Bertz CT molecular complexity index is 470. The number of rotatable bonds is 8. The zero-order valence-electron chi connectivity index (χ0n) is 15.1. The molecule has 2 atom stereocenters. The summed E-state index contributed by atoms with van der Waals surface area (Å²) in [5.74, 6) is -2.72. The van der Waals surface area contributed by atoms with Gasteiger partial charge in [0.15, 0.2) is 5.54 Å². The monoisotopic (exact) mass is 345 g/mol. The van der Waals surface area contributed by atoms with E-state index < -0.39 is 41.5 Å². The van der Waals surface area contributed by atoms with Gasteiger partial charge >= 0.3 is 18.0 Å². The van der Waals surface area contributed by atoms with E-state index in [-0.39, 0.29) is 6.42 Å². The second-order valence-electron chi connectivity index (χ2n) is 6.33. The molecule has 0 aromatic heterocycles. The Morgan fingerprint density at radius 3 is 2.08 bits per heavy atom. The van der Waals surface area contributed by atoms with Crippen molar-refractivity contribution in [1.29, 1.82) is 0 Å². The van der Waals surface area contributed by atoms with Crippen LogP contribution in [0.4, 0.5) is 4.79 Å². The fourth-order valence-corrected chi connectivity index (χ4v) is 2.35. The van der Waals surface area contributed by atoms with Crippen molar-refractivity contribution in [3.05, 3.63) is 0 Å². The molecule has 0 aromatic rings. The van der Waals surface area contributed by atoms with Gasteiger partial charge in [-0.25, -0.2) is 9.59 Å². The Morgan fingerprint density at radius 1 is 1.12 bits per heavy atom. The van der Waals surface area contributed by atoms with Crippen LogP contribution >= 0.6 is 0 Å². The van der Waals surface area contributed by atoms with Crippen LogP contribution in [0, 0.1) is 5.92 Å². The standard InChI is InChI=1S/C16H27NO7/c1-7-8-11(12(19)22-5)16(9-10-18,13(20)23-6)17-14(21)24-15(2,3)4/h10-11H,7-9H2,1-6H3,(H,17,21)/t11?,16-/m0/s1. The SMILES string of the molecule is CCCC(C(=O)OC)[C@](CC=O)(NC(=O)OC(C)(C)C)C(=O)OC. The summed E-state index contributed by atoms with van der Waals surface area (Å²) < 4.78 is 14.6. The molecular weight excluding hydrogens is 318 g/mol. The highest BCUT2D eigenvalue weighted by Gasteiger charge is 2.52. The predicted molar refractivity (Wildman–Crippen MR) is 85.2 cm³/mol. The first-order valence-corrected chi connectivity index (χ1v) is 7.69. The van der Waals surface area contributed by atoms with Crippen LogP contribution in [0.1, 0.15) is 47.0 Å². The molecule has 0 aliphatic carbocycles. The van der Waals surface area contributed by atoms with Gasteiger partial charge in [-0.1, -0.05) is 13.3 Å². The van der Waals surface area contributed by atoms with Gasteiger partial charge in [0.05, 0.1) is 20.1 Å². The van der Waals surface area contributed by atoms with E-state index >= 15 is 0 Å². The van der Waals surface area contributed by atoms with E-state index in [1.54, 1.807) is 27.7 Å². The van der Waals surface area contributed by atoms with E-state index in [0.717, 1.165) is 7.11 Å². The van der Waals surface area contributed by atoms with Crippen molar-refractivity contribution in [3.63, 3.8) is 0 Å². The van der Waals surface area contributed by atoms with Gasteiger partial charge in [0.2, 0.25) is 0 Å². The molecule has 0 radical (unpaired) electrons. The maximum absolute atomic E-state index is 12.4. The Kier molecular flexibility index (Phi) is 8.43. The number of methoxy groups -OCH3 is 2. The molecule has 8 heteroatoms. The predicted octanol–water partition coefficient (Wildman–Crippen LogP) is 1.60. The Hall–Kier alpha value is -2.12. The van der Waals surface area contributed by atoms with Crippen LogP contribution in [0.15, 0.2) is 0 Å². The molecule has 1 amide bonds. The van der Waals surface area contributed by atoms with Gasteiger partial charge in [0.1, 0.15) is 11.9 Å². The third-order valence-corrected chi connectivity index (χ3v) is 3.34. The number of aldehydes is 1. The Labute approximate surface area is 142 Å². The fraction of sp³-hybridized carbons (Fsp3) is 0.750. The van der Waals surface area contributed by atoms with Crippen LogP contribution < -0.4 is 5.32 Å². The molecule has 0 rings (SSSR count). The van der Waals surface area contributed by atoms with Crippen molar-refractivity contribution >= 4 is 24.3 Å². The minimum Gasteiger partial charge on any atom is -0.469 e. The lowest BCUT2D eigenvalue weighted by molar-refractivity contribution is -0.162. The highest BCUT2D eigenvalue weighted by Crippen LogP contribution is 2.29. The van der Waals surface area contributed by atoms with E-state index in [2.05, 4.69) is 5.32 Å². The highest BCUT2D eigenvalue weighted by atomic mass is 16.6. The first-order valence-electron chi connectivity index (χ1n) is 7.69. The number of nitrogens with one attached hydrogen (secondary N) is 1. The zero-order valence-corrected chi connectivity index (χ0v) is 15.1. The van der Waals surface area contributed by atoms with Crippen molar-refractivity contribution in [2.45, 2.75) is 58.1 Å². The van der Waals surface area contributed by atoms with E-state index in [9.17, 15) is 19.2 Å². The van der Waals surface area contributed by atoms with Crippen molar-refractivity contribution in [2.24, 2.45) is 5.92 Å². The molecule has 8 nitrogen and oxygen atoms in total. The molecular formula is C16H27NO7. The van der Waals surface area contributed by atoms with E-state index in [1.165, 1.54) is 7.11 Å². The molecule has 24 heavy (non-hydrogen) atoms. The summed E-state index contributed by atoms with van der Waals surface area (Å²) in [7, 11) is 2.28. The smallest absolute Gasteiger partial charge is 0.408 e. The summed E-state index contributed by atoms with van der Waals surface area (Å²) >= 11 is 0. The molecule has 0 aromatic carbocycles. The minimum absolute atomic E-state index is 0.214. The van der Waals surface area contributed by atoms with Crippen LogP contribution in [0.5, 0.6) is 0 Å². The summed E-state index contributed by atoms with van der Waals surface area (Å²) in [5, 5.41) is 2.37. The molecule has 0 heterocycles. The molecule has 0 bridgehead atoms. The molecule has 0 aliphatic rings. The average molecular weight is 345 g/mol. The number of carbonyl (C=O) groups is 4. The second kappa shape index (κ2) is 9.24. The molecule has 138 valence electrons. The first-order chi connectivity index (χ1) is 11.1. The van der Waals surface area contributed by atoms with Crippen molar-refractivity contribution in [3.8, 4) is 0 Å². The van der Waals surface area contributed by atoms with Crippen LogP contribution in [0.25, 0.3) is 0 Å². The molecule has 0 spiro atoms. The largest absolute Gasteiger partial charge is 0.469 e. The van der Waals surface area contributed by atoms with Crippen LogP contribution in [-0.4, -0.2) is 49.7 Å². The zero-order chi connectivity index (χ0) is 19.0. The summed E-state index contributed by atoms with van der Waals surface area (Å²) in [6.07, 6.45) is -0.197. The van der Waals surface area contributed by atoms with Gasteiger partial charge in [-0.2, -0.15) is 0 Å². The van der Waals surface area contributed by atoms with E-state index in [4.69, 9.17) is 14.2 Å². The Morgan fingerprint density at radius 2 is 1.71 bits per heavy atom. The lowest BCUT2D eigenvalue weighted by Gasteiger charge is -2.36. The van der Waals surface area contributed by atoms with Crippen molar-refractivity contribution < 1.29 is 33.4 Å². The van der Waals surface area contributed by atoms with Gasteiger partial charge in [-0.3, -0.25) is 4.79 Å². The van der Waals surface area contributed by atoms with Gasteiger partial charge in [-0.05, 0) is 27.2 Å². The number of amides is 1. The summed E-state index contributed by atoms with van der Waals surface area (Å²) in [6.45, 7) is 6.74. The van der Waals surface area contributed by atoms with Crippen LogP contribution in [-0.2, 0) is 28.6 Å². The normalized spacial score (nSPS) is 14.8. The molecule has 0 saturated heterocycles. The van der Waals surface area contributed by atoms with E-state index in [0.29, 0.717) is 12.7 Å². The molecule has 0 fully saturated rings. The van der Waals surface area contributed by atoms with Gasteiger partial charge in [0.25, 0.3) is 0 Å². The molecule has 0 saturated carbocycles. The van der Waals surface area contributed by atoms with Gasteiger partial charge in [-0.15, -0.1) is 0 Å².